The molecule has 3 aromatic rings. The van der Waals surface area contributed by atoms with Crippen molar-refractivity contribution in [2.24, 2.45) is 5.14 Å². The molecule has 0 aliphatic heterocycles. The zero-order chi connectivity index (χ0) is 24.0. The number of rotatable bonds is 9. The van der Waals surface area contributed by atoms with Gasteiger partial charge < -0.3 is 15.7 Å². The molecule has 0 atom stereocenters. The maximum Gasteiger partial charge on any atom is 0.240 e. The Morgan fingerprint density at radius 1 is 1.09 bits per heavy atom. The number of nitrogens with one attached hydrogen (secondary N) is 2. The summed E-state index contributed by atoms with van der Waals surface area (Å²) in [6.07, 6.45) is 3.23. The largest absolute Gasteiger partial charge is 0.396 e. The number of sulfonamides is 1. The highest BCUT2D eigenvalue weighted by atomic mass is 35.5. The highest BCUT2D eigenvalue weighted by Crippen LogP contribution is 2.24. The van der Waals surface area contributed by atoms with Gasteiger partial charge in [0, 0.05) is 23.7 Å². The quantitative estimate of drug-likeness (QED) is 0.359. The van der Waals surface area contributed by atoms with Gasteiger partial charge in [0.15, 0.2) is 0 Å². The molecule has 174 valence electrons. The van der Waals surface area contributed by atoms with Gasteiger partial charge in [-0.3, -0.25) is 9.59 Å². The Labute approximate surface area is 195 Å². The molecule has 2 amide bonds. The number of aliphatic hydroxyl groups is 1. The standard InChI is InChI=1S/C21H22ClN5O5S/c22-17-5-2-1-4-14(17)10-21(30)25-15-7-8-18(19(11-15)33(23,31)32)27-13-16(12-24-27)26-20(29)6-3-9-28/h1-2,4-5,7-8,11-13,28H,3,6,9-10H2,(H,25,30)(H,26,29)(H2,23,31,32). The van der Waals surface area contributed by atoms with Gasteiger partial charge in [0.25, 0.3) is 0 Å². The first-order chi connectivity index (χ1) is 15.7. The number of carbonyl (C=O) groups excluding carboxylic acids is 2. The van der Waals surface area contributed by atoms with E-state index in [9.17, 15) is 18.0 Å². The fraction of sp³-hybridized carbons (Fsp3) is 0.190. The summed E-state index contributed by atoms with van der Waals surface area (Å²) >= 11 is 6.08. The van der Waals surface area contributed by atoms with Crippen molar-refractivity contribution >= 4 is 44.8 Å². The number of nitrogens with zero attached hydrogens (tertiary/aromatic N) is 2. The third-order valence-electron chi connectivity index (χ3n) is 4.53. The molecule has 12 heteroatoms. The van der Waals surface area contributed by atoms with Crippen LogP contribution >= 0.6 is 11.6 Å². The monoisotopic (exact) mass is 491 g/mol. The maximum atomic E-state index is 12.4. The number of anilines is 2. The number of amides is 2. The van der Waals surface area contributed by atoms with E-state index in [4.69, 9.17) is 21.8 Å². The molecule has 2 aromatic carbocycles. The van der Waals surface area contributed by atoms with Crippen LogP contribution in [-0.4, -0.2) is 41.7 Å². The van der Waals surface area contributed by atoms with E-state index in [1.807, 2.05) is 0 Å². The summed E-state index contributed by atoms with van der Waals surface area (Å²) in [7, 11) is -4.18. The van der Waals surface area contributed by atoms with Crippen molar-refractivity contribution in [1.29, 1.82) is 0 Å². The second-order valence-electron chi connectivity index (χ2n) is 7.09. The molecule has 0 saturated carbocycles. The lowest BCUT2D eigenvalue weighted by Crippen LogP contribution is -2.18. The summed E-state index contributed by atoms with van der Waals surface area (Å²) in [4.78, 5) is 24.0. The van der Waals surface area contributed by atoms with Gasteiger partial charge in [0.1, 0.15) is 4.90 Å². The van der Waals surface area contributed by atoms with Crippen LogP contribution < -0.4 is 15.8 Å². The van der Waals surface area contributed by atoms with Crippen LogP contribution in [0.25, 0.3) is 5.69 Å². The van der Waals surface area contributed by atoms with Gasteiger partial charge in [-0.15, -0.1) is 0 Å². The van der Waals surface area contributed by atoms with E-state index in [0.717, 1.165) is 0 Å². The molecular weight excluding hydrogens is 470 g/mol. The minimum absolute atomic E-state index is 0.00459. The molecule has 0 fully saturated rings. The molecule has 0 aliphatic rings. The van der Waals surface area contributed by atoms with Crippen LogP contribution in [0.4, 0.5) is 11.4 Å². The maximum absolute atomic E-state index is 12.4. The van der Waals surface area contributed by atoms with E-state index in [2.05, 4.69) is 15.7 Å². The Hall–Kier alpha value is -3.25. The Morgan fingerprint density at radius 2 is 1.82 bits per heavy atom. The van der Waals surface area contributed by atoms with Crippen molar-refractivity contribution in [3.63, 3.8) is 0 Å². The molecule has 0 bridgehead atoms. The molecule has 0 aliphatic carbocycles. The van der Waals surface area contributed by atoms with E-state index in [-0.39, 0.29) is 47.5 Å². The van der Waals surface area contributed by atoms with Gasteiger partial charge in [-0.25, -0.2) is 18.2 Å². The Morgan fingerprint density at radius 3 is 2.52 bits per heavy atom. The van der Waals surface area contributed by atoms with Gasteiger partial charge in [0.2, 0.25) is 21.8 Å². The fourth-order valence-electron chi connectivity index (χ4n) is 3.01. The smallest absolute Gasteiger partial charge is 0.240 e. The van der Waals surface area contributed by atoms with Crippen LogP contribution in [-0.2, 0) is 26.0 Å². The minimum atomic E-state index is -4.18. The highest BCUT2D eigenvalue weighted by Gasteiger charge is 2.18. The molecule has 0 radical (unpaired) electrons. The van der Waals surface area contributed by atoms with E-state index < -0.39 is 10.0 Å². The van der Waals surface area contributed by atoms with E-state index in [1.54, 1.807) is 24.3 Å². The summed E-state index contributed by atoms with van der Waals surface area (Å²) in [6, 6.07) is 11.1. The Bertz CT molecular complexity index is 1280. The molecule has 1 heterocycles. The summed E-state index contributed by atoms with van der Waals surface area (Å²) in [5.41, 5.74) is 1.34. The van der Waals surface area contributed by atoms with Crippen LogP contribution in [0.5, 0.6) is 0 Å². The molecule has 33 heavy (non-hydrogen) atoms. The number of halogens is 1. The third kappa shape index (κ3) is 6.62. The zero-order valence-corrected chi connectivity index (χ0v) is 18.9. The molecule has 0 saturated heterocycles. The normalized spacial score (nSPS) is 11.2. The van der Waals surface area contributed by atoms with Crippen LogP contribution in [0.3, 0.4) is 0 Å². The second kappa shape index (κ2) is 10.6. The average Bonchev–Trinajstić information content (AvgIpc) is 3.21. The van der Waals surface area contributed by atoms with E-state index >= 15 is 0 Å². The zero-order valence-electron chi connectivity index (χ0n) is 17.4. The number of primary sulfonamides is 1. The molecule has 5 N–H and O–H groups in total. The van der Waals surface area contributed by atoms with E-state index in [0.29, 0.717) is 22.7 Å². The second-order valence-corrected chi connectivity index (χ2v) is 9.03. The molecule has 0 unspecified atom stereocenters. The number of hydrogen-bond donors (Lipinski definition) is 4. The van der Waals surface area contributed by atoms with Crippen LogP contribution in [0.1, 0.15) is 18.4 Å². The number of benzene rings is 2. The highest BCUT2D eigenvalue weighted by molar-refractivity contribution is 7.89. The molecule has 1 aromatic heterocycles. The Balaban J connectivity index is 1.81. The van der Waals surface area contributed by atoms with Gasteiger partial charge in [-0.2, -0.15) is 5.10 Å². The lowest BCUT2D eigenvalue weighted by Gasteiger charge is -2.12. The molecular formula is C21H22ClN5O5S. The van der Waals surface area contributed by atoms with Crippen molar-refractivity contribution in [3.05, 3.63) is 65.4 Å². The summed E-state index contributed by atoms with van der Waals surface area (Å²) < 4.78 is 25.7. The molecule has 10 nitrogen and oxygen atoms in total. The SMILES string of the molecule is NS(=O)(=O)c1cc(NC(=O)Cc2ccccc2Cl)ccc1-n1cc(NC(=O)CCCO)cn1. The van der Waals surface area contributed by atoms with Gasteiger partial charge in [-0.1, -0.05) is 29.8 Å². The third-order valence-corrected chi connectivity index (χ3v) is 5.84. The Kier molecular flexibility index (Phi) is 7.82. The van der Waals surface area contributed by atoms with Crippen molar-refractivity contribution in [2.75, 3.05) is 17.2 Å². The van der Waals surface area contributed by atoms with Crippen molar-refractivity contribution in [2.45, 2.75) is 24.2 Å². The summed E-state index contributed by atoms with van der Waals surface area (Å²) in [5, 5.41) is 24.0. The predicted molar refractivity (Wildman–Crippen MR) is 124 cm³/mol. The van der Waals surface area contributed by atoms with Gasteiger partial charge in [0.05, 0.1) is 30.2 Å². The van der Waals surface area contributed by atoms with Crippen LogP contribution in [0.2, 0.25) is 5.02 Å². The van der Waals surface area contributed by atoms with Crippen molar-refractivity contribution in [3.8, 4) is 5.69 Å². The number of carbonyl (C=O) groups is 2. The predicted octanol–water partition coefficient (Wildman–Crippen LogP) is 2.07. The molecule has 3 rings (SSSR count). The fourth-order valence-corrected chi connectivity index (χ4v) is 3.96. The van der Waals surface area contributed by atoms with Crippen LogP contribution in [0.15, 0.2) is 59.8 Å². The first-order valence-electron chi connectivity index (χ1n) is 9.83. The lowest BCUT2D eigenvalue weighted by atomic mass is 10.1. The number of nitrogens with two attached hydrogens (primary N) is 1. The van der Waals surface area contributed by atoms with Crippen molar-refractivity contribution < 1.29 is 23.1 Å². The van der Waals surface area contributed by atoms with Gasteiger partial charge in [-0.05, 0) is 36.2 Å². The average molecular weight is 492 g/mol. The number of aliphatic hydroxyl groups excluding tert-OH is 1. The minimum Gasteiger partial charge on any atom is -0.396 e. The number of aromatic nitrogens is 2. The first-order valence-corrected chi connectivity index (χ1v) is 11.8. The first kappa shape index (κ1) is 24.4. The molecule has 0 spiro atoms. The summed E-state index contributed by atoms with van der Waals surface area (Å²) in [5.74, 6) is -0.699. The number of hydrogen-bond acceptors (Lipinski definition) is 6. The topological polar surface area (TPSA) is 156 Å². The lowest BCUT2D eigenvalue weighted by molar-refractivity contribution is -0.116. The van der Waals surface area contributed by atoms with Crippen molar-refractivity contribution in [1.82, 2.24) is 9.78 Å². The van der Waals surface area contributed by atoms with E-state index in [1.165, 1.54) is 35.3 Å². The van der Waals surface area contributed by atoms with Crippen LogP contribution in [0, 0.1) is 0 Å². The van der Waals surface area contributed by atoms with Gasteiger partial charge >= 0.3 is 0 Å². The summed E-state index contributed by atoms with van der Waals surface area (Å²) in [6.45, 7) is -0.105.